The highest BCUT2D eigenvalue weighted by Gasteiger charge is 2.46. The summed E-state index contributed by atoms with van der Waals surface area (Å²) < 4.78 is 5.77. The van der Waals surface area contributed by atoms with Crippen molar-refractivity contribution in [3.8, 4) is 5.75 Å². The fourth-order valence-corrected chi connectivity index (χ4v) is 4.76. The molecule has 1 fully saturated rings. The van der Waals surface area contributed by atoms with Crippen LogP contribution in [0.5, 0.6) is 5.75 Å². The fourth-order valence-electron chi connectivity index (χ4n) is 4.76. The zero-order valence-electron chi connectivity index (χ0n) is 19.9. The Bertz CT molecular complexity index is 1320. The first-order valence-electron chi connectivity index (χ1n) is 11.6. The zero-order valence-corrected chi connectivity index (χ0v) is 19.9. The smallest absolute Gasteiger partial charge is 0.295 e. The van der Waals surface area contributed by atoms with E-state index in [1.807, 2.05) is 62.3 Å². The third kappa shape index (κ3) is 4.14. The highest BCUT2D eigenvalue weighted by Crippen LogP contribution is 2.41. The maximum atomic E-state index is 13.3. The number of Topliss-reactive ketones (excluding diaryl/α,β-unsaturated/α-hetero) is 1. The number of ether oxygens (including phenoxy) is 1. The van der Waals surface area contributed by atoms with Gasteiger partial charge < -0.3 is 19.6 Å². The lowest BCUT2D eigenvalue weighted by Crippen LogP contribution is -2.29. The van der Waals surface area contributed by atoms with Gasteiger partial charge in [0.25, 0.3) is 11.7 Å². The Morgan fingerprint density at radius 2 is 1.91 bits per heavy atom. The van der Waals surface area contributed by atoms with Crippen LogP contribution >= 0.6 is 0 Å². The summed E-state index contributed by atoms with van der Waals surface area (Å²) in [6.45, 7) is 2.19. The molecule has 1 saturated heterocycles. The van der Waals surface area contributed by atoms with Crippen molar-refractivity contribution in [3.63, 3.8) is 0 Å². The number of fused-ring (bicyclic) bond motifs is 1. The Labute approximate surface area is 204 Å². The van der Waals surface area contributed by atoms with E-state index in [2.05, 4.69) is 4.98 Å². The van der Waals surface area contributed by atoms with E-state index < -0.39 is 17.7 Å². The molecule has 2 unspecified atom stereocenters. The van der Waals surface area contributed by atoms with Gasteiger partial charge in [0.15, 0.2) is 0 Å². The van der Waals surface area contributed by atoms with Crippen LogP contribution in [0.1, 0.15) is 35.2 Å². The number of pyridine rings is 1. The van der Waals surface area contributed by atoms with Crippen LogP contribution in [-0.4, -0.2) is 46.9 Å². The molecule has 0 bridgehead atoms. The van der Waals surface area contributed by atoms with Gasteiger partial charge in [-0.1, -0.05) is 18.2 Å². The molecule has 1 amide bonds. The molecule has 0 aliphatic carbocycles. The molecule has 7 nitrogen and oxygen atoms in total. The first kappa shape index (κ1) is 22.7. The molecule has 35 heavy (non-hydrogen) atoms. The number of likely N-dealkylation sites (tertiary alicyclic amines) is 1. The fraction of sp³-hybridized carbons (Fsp3) is 0.250. The predicted molar refractivity (Wildman–Crippen MR) is 133 cm³/mol. The molecule has 0 saturated carbocycles. The Morgan fingerprint density at radius 3 is 2.60 bits per heavy atom. The second-order valence-corrected chi connectivity index (χ2v) is 9.23. The number of hydrogen-bond acceptors (Lipinski definition) is 6. The lowest BCUT2D eigenvalue weighted by molar-refractivity contribution is -0.140. The van der Waals surface area contributed by atoms with Crippen LogP contribution in [0.25, 0.3) is 5.76 Å². The minimum Gasteiger partial charge on any atom is -0.507 e. The molecular weight excluding hydrogens is 442 g/mol. The molecule has 0 spiro atoms. The monoisotopic (exact) mass is 469 g/mol. The van der Waals surface area contributed by atoms with Gasteiger partial charge in [-0.25, -0.2) is 0 Å². The largest absolute Gasteiger partial charge is 0.507 e. The molecule has 5 rings (SSSR count). The molecule has 3 aromatic rings. The maximum absolute atomic E-state index is 13.3. The van der Waals surface area contributed by atoms with Crippen molar-refractivity contribution in [1.29, 1.82) is 0 Å². The van der Waals surface area contributed by atoms with E-state index in [0.29, 0.717) is 5.56 Å². The molecule has 1 N–H and O–H groups in total. The number of aliphatic hydroxyl groups excluding tert-OH is 1. The van der Waals surface area contributed by atoms with Gasteiger partial charge >= 0.3 is 0 Å². The molecule has 7 heteroatoms. The quantitative estimate of drug-likeness (QED) is 0.344. The van der Waals surface area contributed by atoms with Crippen molar-refractivity contribution in [3.05, 3.63) is 94.8 Å². The van der Waals surface area contributed by atoms with E-state index in [4.69, 9.17) is 4.74 Å². The first-order valence-corrected chi connectivity index (χ1v) is 11.6. The summed E-state index contributed by atoms with van der Waals surface area (Å²) in [7, 11) is 3.89. The second kappa shape index (κ2) is 8.91. The van der Waals surface area contributed by atoms with Gasteiger partial charge in [-0.05, 0) is 60.0 Å². The summed E-state index contributed by atoms with van der Waals surface area (Å²) >= 11 is 0. The van der Waals surface area contributed by atoms with Gasteiger partial charge in [0.05, 0.1) is 11.6 Å². The number of carbonyl (C=O) groups excluding carboxylic acids is 2. The molecule has 2 atom stereocenters. The van der Waals surface area contributed by atoms with Crippen LogP contribution in [0.3, 0.4) is 0 Å². The van der Waals surface area contributed by atoms with Gasteiger partial charge in [-0.2, -0.15) is 0 Å². The third-order valence-corrected chi connectivity index (χ3v) is 6.51. The second-order valence-electron chi connectivity index (χ2n) is 9.23. The summed E-state index contributed by atoms with van der Waals surface area (Å²) in [5.74, 6) is -0.739. The van der Waals surface area contributed by atoms with Gasteiger partial charge in [0.2, 0.25) is 0 Å². The van der Waals surface area contributed by atoms with Crippen molar-refractivity contribution in [2.24, 2.45) is 0 Å². The highest BCUT2D eigenvalue weighted by atomic mass is 16.5. The number of nitrogens with zero attached hydrogens (tertiary/aromatic N) is 3. The zero-order chi connectivity index (χ0) is 24.7. The number of aromatic nitrogens is 1. The summed E-state index contributed by atoms with van der Waals surface area (Å²) in [6.07, 6.45) is 4.12. The standard InChI is InChI=1S/C28H27N3O4/c1-17-13-21-14-20(8-11-23(21)35-17)26(32)24-25(19-6-9-22(10-7-19)30(2)3)31(28(34)27(24)33)16-18-5-4-12-29-15-18/h4-12,14-15,17,25,32H,13,16H2,1-3H3/b26-24-. The van der Waals surface area contributed by atoms with E-state index in [-0.39, 0.29) is 24.0 Å². The van der Waals surface area contributed by atoms with Crippen LogP contribution in [-0.2, 0) is 22.6 Å². The number of hydrogen-bond donors (Lipinski definition) is 1. The van der Waals surface area contributed by atoms with Crippen LogP contribution in [0, 0.1) is 0 Å². The van der Waals surface area contributed by atoms with Crippen molar-refractivity contribution in [1.82, 2.24) is 9.88 Å². The topological polar surface area (TPSA) is 83.0 Å². The molecule has 2 aliphatic rings. The van der Waals surface area contributed by atoms with E-state index in [1.165, 1.54) is 4.90 Å². The van der Waals surface area contributed by atoms with E-state index in [0.717, 1.165) is 34.5 Å². The Morgan fingerprint density at radius 1 is 1.14 bits per heavy atom. The molecule has 178 valence electrons. The average molecular weight is 470 g/mol. The Hall–Kier alpha value is -4.13. The number of anilines is 1. The van der Waals surface area contributed by atoms with Gasteiger partial charge in [0, 0.05) is 50.7 Å². The highest BCUT2D eigenvalue weighted by molar-refractivity contribution is 6.46. The first-order chi connectivity index (χ1) is 16.8. The van der Waals surface area contributed by atoms with Gasteiger partial charge in [-0.3, -0.25) is 14.6 Å². The number of amides is 1. The van der Waals surface area contributed by atoms with Gasteiger partial charge in [0.1, 0.15) is 17.6 Å². The number of ketones is 1. The maximum Gasteiger partial charge on any atom is 0.295 e. The minimum atomic E-state index is -0.727. The summed E-state index contributed by atoms with van der Waals surface area (Å²) in [4.78, 5) is 34.2. The normalized spacial score (nSPS) is 20.6. The van der Waals surface area contributed by atoms with Crippen molar-refractivity contribution in [2.45, 2.75) is 32.0 Å². The summed E-state index contributed by atoms with van der Waals surface area (Å²) in [6, 6.07) is 16.0. The van der Waals surface area contributed by atoms with Crippen LogP contribution in [0.15, 0.2) is 72.6 Å². The summed E-state index contributed by atoms with van der Waals surface area (Å²) in [5.41, 5.74) is 4.09. The lowest BCUT2D eigenvalue weighted by atomic mass is 9.94. The predicted octanol–water partition coefficient (Wildman–Crippen LogP) is 4.09. The van der Waals surface area contributed by atoms with E-state index in [9.17, 15) is 14.7 Å². The van der Waals surface area contributed by atoms with Crippen molar-refractivity contribution >= 4 is 23.1 Å². The SMILES string of the molecule is CC1Cc2cc(/C(O)=C3/C(=O)C(=O)N(Cc4cccnc4)C3c3ccc(N(C)C)cc3)ccc2O1. The average Bonchev–Trinajstić information content (AvgIpc) is 3.35. The number of aliphatic hydroxyl groups is 1. The molecule has 1 aromatic heterocycles. The molecule has 0 radical (unpaired) electrons. The Kier molecular flexibility index (Phi) is 5.76. The van der Waals surface area contributed by atoms with Crippen LogP contribution < -0.4 is 9.64 Å². The Balaban J connectivity index is 1.62. The molecule has 2 aromatic carbocycles. The summed E-state index contributed by atoms with van der Waals surface area (Å²) in [5, 5.41) is 11.4. The number of benzene rings is 2. The van der Waals surface area contributed by atoms with E-state index in [1.54, 1.807) is 30.6 Å². The van der Waals surface area contributed by atoms with Crippen LogP contribution in [0.2, 0.25) is 0 Å². The van der Waals surface area contributed by atoms with Crippen molar-refractivity contribution < 1.29 is 19.4 Å². The van der Waals surface area contributed by atoms with Crippen molar-refractivity contribution in [2.75, 3.05) is 19.0 Å². The molecule has 2 aliphatic heterocycles. The molecular formula is C28H27N3O4. The number of carbonyl (C=O) groups is 2. The van der Waals surface area contributed by atoms with Crippen LogP contribution in [0.4, 0.5) is 5.69 Å². The van der Waals surface area contributed by atoms with Gasteiger partial charge in [-0.15, -0.1) is 0 Å². The van der Waals surface area contributed by atoms with E-state index >= 15 is 0 Å². The lowest BCUT2D eigenvalue weighted by Gasteiger charge is -2.26. The number of rotatable bonds is 5. The third-order valence-electron chi connectivity index (χ3n) is 6.51. The molecule has 3 heterocycles. The minimum absolute atomic E-state index is 0.0580.